The van der Waals surface area contributed by atoms with E-state index in [1.807, 2.05) is 20.8 Å². The number of hydrogen-bond donors (Lipinski definition) is 1. The summed E-state index contributed by atoms with van der Waals surface area (Å²) < 4.78 is 35.7. The molecule has 0 fully saturated rings. The largest absolute Gasteiger partial charge is 0.497 e. The predicted octanol–water partition coefficient (Wildman–Crippen LogP) is 3.89. The van der Waals surface area contributed by atoms with Gasteiger partial charge in [-0.25, -0.2) is 13.2 Å². The van der Waals surface area contributed by atoms with Gasteiger partial charge in [0.05, 0.1) is 19.1 Å². The van der Waals surface area contributed by atoms with Crippen molar-refractivity contribution in [2.24, 2.45) is 0 Å². The highest BCUT2D eigenvalue weighted by Crippen LogP contribution is 2.26. The van der Waals surface area contributed by atoms with E-state index in [0.717, 1.165) is 18.9 Å². The summed E-state index contributed by atoms with van der Waals surface area (Å²) in [6.45, 7) is 6.11. The average molecular weight is 404 g/mol. The topological polar surface area (TPSA) is 81.7 Å². The molecule has 2 aromatic rings. The van der Waals surface area contributed by atoms with E-state index in [0.29, 0.717) is 11.4 Å². The number of anilines is 1. The number of carbonyl (C=O) groups excluding carboxylic acids is 1. The highest BCUT2D eigenvalue weighted by atomic mass is 32.2. The van der Waals surface area contributed by atoms with E-state index < -0.39 is 20.7 Å². The number of ether oxygens (including phenoxy) is 2. The summed E-state index contributed by atoms with van der Waals surface area (Å²) in [5, 5.41) is 2.83. The molecule has 2 aromatic carbocycles. The van der Waals surface area contributed by atoms with E-state index in [4.69, 9.17) is 4.74 Å². The fourth-order valence-electron chi connectivity index (χ4n) is 2.44. The van der Waals surface area contributed by atoms with Gasteiger partial charge in [-0.1, -0.05) is 32.9 Å². The number of sulfone groups is 1. The maximum Gasteiger partial charge on any atom is 0.351 e. The van der Waals surface area contributed by atoms with E-state index in [2.05, 4.69) is 10.1 Å². The molecule has 0 atom stereocenters. The quantitative estimate of drug-likeness (QED) is 0.582. The van der Waals surface area contributed by atoms with Crippen LogP contribution in [-0.4, -0.2) is 28.6 Å². The van der Waals surface area contributed by atoms with Crippen LogP contribution in [0.3, 0.4) is 0 Å². The first-order valence-corrected chi connectivity index (χ1v) is 10.1. The molecule has 0 bridgehead atoms. The van der Waals surface area contributed by atoms with Gasteiger partial charge in [-0.15, -0.1) is 0 Å². The average Bonchev–Trinajstić information content (AvgIpc) is 2.67. The lowest BCUT2D eigenvalue weighted by Crippen LogP contribution is -2.17. The Morgan fingerprint density at radius 3 is 2.00 bits per heavy atom. The summed E-state index contributed by atoms with van der Waals surface area (Å²) in [7, 11) is -1.37. The molecule has 0 heterocycles. The summed E-state index contributed by atoms with van der Waals surface area (Å²) in [6, 6.07) is 13.3. The molecule has 0 saturated heterocycles. The maximum atomic E-state index is 13.0. The predicted molar refractivity (Wildman–Crippen MR) is 109 cm³/mol. The number of carbonyl (C=O) groups is 1. The van der Waals surface area contributed by atoms with Crippen molar-refractivity contribution in [3.05, 3.63) is 65.2 Å². The molecule has 0 aliphatic heterocycles. The third-order valence-electron chi connectivity index (χ3n) is 4.17. The minimum Gasteiger partial charge on any atom is -0.497 e. The van der Waals surface area contributed by atoms with E-state index in [1.165, 1.54) is 12.1 Å². The van der Waals surface area contributed by atoms with Crippen LogP contribution in [0.1, 0.15) is 26.3 Å². The van der Waals surface area contributed by atoms with Crippen LogP contribution in [0.15, 0.2) is 64.5 Å². The molecule has 2 rings (SSSR count). The zero-order valence-electron chi connectivity index (χ0n) is 16.6. The van der Waals surface area contributed by atoms with Gasteiger partial charge in [0.1, 0.15) is 5.75 Å². The van der Waals surface area contributed by atoms with Crippen molar-refractivity contribution in [1.82, 2.24) is 0 Å². The SMILES string of the molecule is COC(=O)C(=CNc1ccc(OC)cc1)S(=O)(=O)c1ccc(C(C)(C)C)cc1. The van der Waals surface area contributed by atoms with Crippen LogP contribution < -0.4 is 10.1 Å². The van der Waals surface area contributed by atoms with E-state index in [-0.39, 0.29) is 10.3 Å². The monoisotopic (exact) mass is 403 g/mol. The molecule has 0 radical (unpaired) electrons. The Bertz CT molecular complexity index is 953. The molecule has 0 saturated carbocycles. The Morgan fingerprint density at radius 2 is 1.54 bits per heavy atom. The summed E-state index contributed by atoms with van der Waals surface area (Å²) in [5.41, 5.74) is 1.48. The van der Waals surface area contributed by atoms with Crippen LogP contribution in [0.5, 0.6) is 5.75 Å². The number of hydrogen-bond acceptors (Lipinski definition) is 6. The first-order valence-electron chi connectivity index (χ1n) is 8.64. The Hall–Kier alpha value is -2.80. The fraction of sp³-hybridized carbons (Fsp3) is 0.286. The lowest BCUT2D eigenvalue weighted by atomic mass is 9.87. The molecule has 28 heavy (non-hydrogen) atoms. The second kappa shape index (κ2) is 8.48. The number of nitrogens with one attached hydrogen (secondary N) is 1. The van der Waals surface area contributed by atoms with E-state index in [9.17, 15) is 13.2 Å². The van der Waals surface area contributed by atoms with Crippen LogP contribution in [0.25, 0.3) is 0 Å². The van der Waals surface area contributed by atoms with Crippen molar-refractivity contribution in [2.75, 3.05) is 19.5 Å². The van der Waals surface area contributed by atoms with Crippen molar-refractivity contribution >= 4 is 21.5 Å². The fourth-order valence-corrected chi connectivity index (χ4v) is 3.71. The molecule has 1 N–H and O–H groups in total. The van der Waals surface area contributed by atoms with Crippen LogP contribution >= 0.6 is 0 Å². The number of rotatable bonds is 6. The van der Waals surface area contributed by atoms with Gasteiger partial charge in [0.2, 0.25) is 9.84 Å². The lowest BCUT2D eigenvalue weighted by molar-refractivity contribution is -0.135. The molecule has 0 unspecified atom stereocenters. The zero-order chi connectivity index (χ0) is 20.9. The second-order valence-corrected chi connectivity index (χ2v) is 9.07. The molecule has 150 valence electrons. The summed E-state index contributed by atoms with van der Waals surface area (Å²) in [6.07, 6.45) is 1.14. The van der Waals surface area contributed by atoms with Crippen molar-refractivity contribution in [1.29, 1.82) is 0 Å². The maximum absolute atomic E-state index is 13.0. The van der Waals surface area contributed by atoms with Crippen molar-refractivity contribution in [3.8, 4) is 5.75 Å². The Kier molecular flexibility index (Phi) is 6.51. The number of benzene rings is 2. The van der Waals surface area contributed by atoms with Gasteiger partial charge in [-0.05, 0) is 47.4 Å². The highest BCUT2D eigenvalue weighted by Gasteiger charge is 2.28. The molecule has 6 nitrogen and oxygen atoms in total. The molecular formula is C21H25NO5S. The van der Waals surface area contributed by atoms with Gasteiger partial charge in [0.15, 0.2) is 4.91 Å². The van der Waals surface area contributed by atoms with Gasteiger partial charge in [0.25, 0.3) is 0 Å². The van der Waals surface area contributed by atoms with Gasteiger partial charge in [-0.2, -0.15) is 0 Å². The molecule has 7 heteroatoms. The standard InChI is InChI=1S/C21H25NO5S/c1-21(2,3)15-6-12-18(13-7-15)28(24,25)19(20(23)27-5)14-22-16-8-10-17(26-4)11-9-16/h6-14,22H,1-5H3. The first kappa shape index (κ1) is 21.5. The lowest BCUT2D eigenvalue weighted by Gasteiger charge is -2.19. The molecule has 0 aliphatic rings. The summed E-state index contributed by atoms with van der Waals surface area (Å²) >= 11 is 0. The summed E-state index contributed by atoms with van der Waals surface area (Å²) in [5.74, 6) is -0.282. The van der Waals surface area contributed by atoms with Crippen LogP contribution in [0, 0.1) is 0 Å². The normalized spacial score (nSPS) is 12.4. The van der Waals surface area contributed by atoms with Gasteiger partial charge >= 0.3 is 5.97 Å². The first-order chi connectivity index (χ1) is 13.1. The van der Waals surface area contributed by atoms with Crippen molar-refractivity contribution < 1.29 is 22.7 Å². The van der Waals surface area contributed by atoms with Gasteiger partial charge in [0, 0.05) is 11.9 Å². The Balaban J connectivity index is 2.38. The Morgan fingerprint density at radius 1 is 0.964 bits per heavy atom. The van der Waals surface area contributed by atoms with Crippen molar-refractivity contribution in [2.45, 2.75) is 31.1 Å². The van der Waals surface area contributed by atoms with Crippen LogP contribution in [0.4, 0.5) is 5.69 Å². The summed E-state index contributed by atoms with van der Waals surface area (Å²) in [4.78, 5) is 11.7. The van der Waals surface area contributed by atoms with E-state index >= 15 is 0 Å². The third kappa shape index (κ3) is 4.92. The van der Waals surface area contributed by atoms with Gasteiger partial charge < -0.3 is 14.8 Å². The van der Waals surface area contributed by atoms with Crippen LogP contribution in [0.2, 0.25) is 0 Å². The minimum atomic E-state index is -4.06. The van der Waals surface area contributed by atoms with Gasteiger partial charge in [-0.3, -0.25) is 0 Å². The number of methoxy groups -OCH3 is 2. The molecule has 0 amide bonds. The smallest absolute Gasteiger partial charge is 0.351 e. The molecular weight excluding hydrogens is 378 g/mol. The van der Waals surface area contributed by atoms with E-state index in [1.54, 1.807) is 43.5 Å². The molecule has 0 aliphatic carbocycles. The van der Waals surface area contributed by atoms with Crippen LogP contribution in [-0.2, 0) is 24.8 Å². The Labute approximate surface area is 166 Å². The second-order valence-electron chi connectivity index (χ2n) is 7.15. The molecule has 0 spiro atoms. The molecule has 0 aromatic heterocycles. The minimum absolute atomic E-state index is 0.0219. The van der Waals surface area contributed by atoms with Crippen molar-refractivity contribution in [3.63, 3.8) is 0 Å². The highest BCUT2D eigenvalue weighted by molar-refractivity contribution is 7.96. The zero-order valence-corrected chi connectivity index (χ0v) is 17.5. The third-order valence-corrected chi connectivity index (χ3v) is 5.92. The number of esters is 1.